The number of alkyl halides is 1. The lowest BCUT2D eigenvalue weighted by Gasteiger charge is -2.12. The third kappa shape index (κ3) is 4.19. The number of hydrogen-bond donors (Lipinski definition) is 0. The second kappa shape index (κ2) is 8.10. The quantitative estimate of drug-likeness (QED) is 0.143. The molecule has 0 spiro atoms. The first-order valence-corrected chi connectivity index (χ1v) is 8.17. The maximum atomic E-state index is 3.62. The van der Waals surface area contributed by atoms with E-state index >= 15 is 0 Å². The molecule has 1 unspecified atom stereocenters. The Morgan fingerprint density at radius 1 is 1.06 bits per heavy atom. The van der Waals surface area contributed by atoms with Gasteiger partial charge in [0.2, 0.25) is 0 Å². The van der Waals surface area contributed by atoms with Crippen molar-refractivity contribution in [1.82, 2.24) is 0 Å². The molecule has 0 nitrogen and oxygen atoms in total. The molecule has 6 heteroatoms. The SMILES string of the molecule is Br.CC=CC(Br)c1cc(Br)c(Br)c(Br)c1Br. The summed E-state index contributed by atoms with van der Waals surface area (Å²) in [6, 6.07) is 2.08. The van der Waals surface area contributed by atoms with E-state index in [4.69, 9.17) is 0 Å². The summed E-state index contributed by atoms with van der Waals surface area (Å²) in [4.78, 5) is 0.206. The van der Waals surface area contributed by atoms with Crippen molar-refractivity contribution in [1.29, 1.82) is 0 Å². The predicted octanol–water partition coefficient (Wildman–Crippen LogP) is 7.33. The van der Waals surface area contributed by atoms with Crippen LogP contribution in [-0.2, 0) is 0 Å². The summed E-state index contributed by atoms with van der Waals surface area (Å²) in [7, 11) is 0. The van der Waals surface area contributed by atoms with Gasteiger partial charge in [0.15, 0.2) is 0 Å². The van der Waals surface area contributed by atoms with Gasteiger partial charge in [-0.1, -0.05) is 28.1 Å². The summed E-state index contributed by atoms with van der Waals surface area (Å²) < 4.78 is 4.11. The minimum Gasteiger partial charge on any atom is -0.114 e. The molecule has 0 saturated heterocycles. The Kier molecular flexibility index (Phi) is 9.03. The minimum atomic E-state index is 0. The number of rotatable bonds is 2. The fraction of sp³-hybridized carbons (Fsp3) is 0.200. The average Bonchev–Trinajstić information content (AvgIpc) is 2.20. The molecule has 0 N–H and O–H groups in total. The van der Waals surface area contributed by atoms with E-state index < -0.39 is 0 Å². The van der Waals surface area contributed by atoms with Crippen molar-refractivity contribution in [3.8, 4) is 0 Å². The van der Waals surface area contributed by atoms with E-state index in [9.17, 15) is 0 Å². The van der Waals surface area contributed by atoms with Crippen molar-refractivity contribution < 1.29 is 0 Å². The van der Waals surface area contributed by atoms with Crippen LogP contribution in [0.1, 0.15) is 17.3 Å². The van der Waals surface area contributed by atoms with Gasteiger partial charge in [0, 0.05) is 17.9 Å². The Bertz CT molecular complexity index is 399. The van der Waals surface area contributed by atoms with Gasteiger partial charge in [0.1, 0.15) is 0 Å². The lowest BCUT2D eigenvalue weighted by molar-refractivity contribution is 1.21. The largest absolute Gasteiger partial charge is 0.114 e. The molecule has 1 atom stereocenters. The summed E-state index contributed by atoms with van der Waals surface area (Å²) in [5.41, 5.74) is 1.18. The second-order valence-corrected chi connectivity index (χ2v) is 7.04. The maximum Gasteiger partial charge on any atom is 0.0587 e. The van der Waals surface area contributed by atoms with Crippen LogP contribution >= 0.6 is 96.6 Å². The monoisotopic (exact) mass is 602 g/mol. The number of benzene rings is 1. The van der Waals surface area contributed by atoms with Crippen molar-refractivity contribution in [2.45, 2.75) is 11.8 Å². The van der Waals surface area contributed by atoms with Crippen LogP contribution in [0.3, 0.4) is 0 Å². The molecular weight excluding hydrogens is 600 g/mol. The average molecular weight is 608 g/mol. The van der Waals surface area contributed by atoms with Crippen LogP contribution in [0.25, 0.3) is 0 Å². The van der Waals surface area contributed by atoms with Crippen LogP contribution in [0, 0.1) is 0 Å². The zero-order chi connectivity index (χ0) is 11.6. The Morgan fingerprint density at radius 3 is 2.12 bits per heavy atom. The van der Waals surface area contributed by atoms with Gasteiger partial charge in [-0.05, 0) is 82.3 Å². The normalized spacial score (nSPS) is 12.6. The first-order chi connectivity index (χ1) is 6.99. The molecule has 16 heavy (non-hydrogen) atoms. The Hall–Kier alpha value is 1.84. The fourth-order valence-electron chi connectivity index (χ4n) is 1.06. The summed E-state index contributed by atoms with van der Waals surface area (Å²) >= 11 is 17.7. The summed E-state index contributed by atoms with van der Waals surface area (Å²) in [6.07, 6.45) is 4.11. The maximum absolute atomic E-state index is 3.62. The van der Waals surface area contributed by atoms with Gasteiger partial charge in [0.25, 0.3) is 0 Å². The van der Waals surface area contributed by atoms with E-state index in [0.29, 0.717) is 0 Å². The smallest absolute Gasteiger partial charge is 0.0587 e. The van der Waals surface area contributed by atoms with Gasteiger partial charge in [0.05, 0.1) is 4.83 Å². The predicted molar refractivity (Wildman–Crippen MR) is 94.0 cm³/mol. The lowest BCUT2D eigenvalue weighted by Crippen LogP contribution is -1.90. The Balaban J connectivity index is 0.00000225. The molecule has 0 saturated carbocycles. The Morgan fingerprint density at radius 2 is 1.62 bits per heavy atom. The number of hydrogen-bond acceptors (Lipinski definition) is 0. The highest BCUT2D eigenvalue weighted by atomic mass is 79.9. The van der Waals surface area contributed by atoms with Gasteiger partial charge in [-0.25, -0.2) is 0 Å². The molecule has 1 aromatic carbocycles. The summed E-state index contributed by atoms with van der Waals surface area (Å²) in [5, 5.41) is 0. The van der Waals surface area contributed by atoms with Gasteiger partial charge >= 0.3 is 0 Å². The van der Waals surface area contributed by atoms with Gasteiger partial charge < -0.3 is 0 Å². The highest BCUT2D eigenvalue weighted by molar-refractivity contribution is 9.15. The van der Waals surface area contributed by atoms with Crippen molar-refractivity contribution in [2.24, 2.45) is 0 Å². The summed E-state index contributed by atoms with van der Waals surface area (Å²) in [6.45, 7) is 2.01. The van der Waals surface area contributed by atoms with E-state index in [2.05, 4.69) is 91.8 Å². The highest BCUT2D eigenvalue weighted by Gasteiger charge is 2.15. The van der Waals surface area contributed by atoms with Crippen LogP contribution in [0.15, 0.2) is 36.1 Å². The third-order valence-electron chi connectivity index (χ3n) is 1.79. The zero-order valence-corrected chi connectivity index (χ0v) is 17.8. The first kappa shape index (κ1) is 17.8. The van der Waals surface area contributed by atoms with Crippen LogP contribution in [0.5, 0.6) is 0 Å². The summed E-state index contributed by atoms with van der Waals surface area (Å²) in [5.74, 6) is 0. The van der Waals surface area contributed by atoms with Crippen molar-refractivity contribution >= 4 is 96.6 Å². The second-order valence-electron chi connectivity index (χ2n) is 2.82. The number of allylic oxidation sites excluding steroid dienone is 2. The molecule has 0 aromatic heterocycles. The first-order valence-electron chi connectivity index (χ1n) is 4.08. The topological polar surface area (TPSA) is 0 Å². The fourth-order valence-corrected chi connectivity index (χ4v) is 4.33. The molecule has 0 radical (unpaired) electrons. The molecule has 0 heterocycles. The van der Waals surface area contributed by atoms with Crippen molar-refractivity contribution in [3.63, 3.8) is 0 Å². The lowest BCUT2D eigenvalue weighted by atomic mass is 10.1. The molecule has 0 aliphatic rings. The van der Waals surface area contributed by atoms with Crippen LogP contribution in [-0.4, -0.2) is 0 Å². The van der Waals surface area contributed by atoms with E-state index in [1.54, 1.807) is 0 Å². The molecule has 1 aromatic rings. The van der Waals surface area contributed by atoms with Crippen LogP contribution in [0.4, 0.5) is 0 Å². The molecule has 90 valence electrons. The van der Waals surface area contributed by atoms with Gasteiger partial charge in [-0.2, -0.15) is 0 Å². The van der Waals surface area contributed by atoms with Crippen LogP contribution in [0.2, 0.25) is 0 Å². The molecule has 0 bridgehead atoms. The van der Waals surface area contributed by atoms with Crippen molar-refractivity contribution in [3.05, 3.63) is 41.7 Å². The zero-order valence-electron chi connectivity index (χ0n) is 8.11. The van der Waals surface area contributed by atoms with E-state index in [0.717, 1.165) is 17.9 Å². The van der Waals surface area contributed by atoms with E-state index in [-0.39, 0.29) is 21.8 Å². The molecule has 0 amide bonds. The number of halogens is 6. The standard InChI is InChI=1S/C10H7Br5.BrH/c1-2-3-6(11)5-4-7(12)9(14)10(15)8(5)13;/h2-4,6H,1H3;1H. The van der Waals surface area contributed by atoms with E-state index in [1.807, 2.05) is 13.0 Å². The molecule has 0 aliphatic carbocycles. The van der Waals surface area contributed by atoms with Gasteiger partial charge in [-0.15, -0.1) is 17.0 Å². The highest BCUT2D eigenvalue weighted by Crippen LogP contribution is 2.43. The Labute approximate surface area is 148 Å². The molecule has 0 aliphatic heterocycles. The van der Waals surface area contributed by atoms with Crippen molar-refractivity contribution in [2.75, 3.05) is 0 Å². The third-order valence-corrected chi connectivity index (χ3v) is 7.28. The molecule has 1 rings (SSSR count). The minimum absolute atomic E-state index is 0. The van der Waals surface area contributed by atoms with Gasteiger partial charge in [-0.3, -0.25) is 0 Å². The van der Waals surface area contributed by atoms with E-state index in [1.165, 1.54) is 5.56 Å². The molecular formula is C10H8Br6. The van der Waals surface area contributed by atoms with Crippen LogP contribution < -0.4 is 0 Å². The molecule has 0 fully saturated rings.